The van der Waals surface area contributed by atoms with Crippen molar-refractivity contribution in [2.75, 3.05) is 10.6 Å². The molecule has 0 saturated heterocycles. The van der Waals surface area contributed by atoms with E-state index in [1.54, 1.807) is 31.2 Å². The molecule has 0 aliphatic heterocycles. The van der Waals surface area contributed by atoms with Gasteiger partial charge in [0.15, 0.2) is 5.82 Å². The summed E-state index contributed by atoms with van der Waals surface area (Å²) in [5.41, 5.74) is 1.16. The lowest BCUT2D eigenvalue weighted by Gasteiger charge is -2.11. The molecule has 0 bridgehead atoms. The van der Waals surface area contributed by atoms with Crippen molar-refractivity contribution in [3.05, 3.63) is 57.1 Å². The van der Waals surface area contributed by atoms with Gasteiger partial charge in [0.1, 0.15) is 12.1 Å². The average Bonchev–Trinajstić information content (AvgIpc) is 2.95. The number of hydrogen-bond acceptors (Lipinski definition) is 8. The molecule has 0 amide bonds. The van der Waals surface area contributed by atoms with Crippen molar-refractivity contribution in [3.63, 3.8) is 0 Å². The number of anilines is 4. The van der Waals surface area contributed by atoms with Gasteiger partial charge in [0, 0.05) is 16.8 Å². The van der Waals surface area contributed by atoms with Gasteiger partial charge in [-0.1, -0.05) is 16.8 Å². The number of nitrogens with one attached hydrogen (secondary N) is 2. The minimum Gasteiger partial charge on any atom is -0.360 e. The van der Waals surface area contributed by atoms with Crippen molar-refractivity contribution in [2.24, 2.45) is 0 Å². The Hall–Kier alpha value is -3.20. The number of aryl methyl sites for hydroxylation is 2. The second-order valence-electron chi connectivity index (χ2n) is 5.21. The van der Waals surface area contributed by atoms with Crippen LogP contribution in [0.3, 0.4) is 0 Å². The van der Waals surface area contributed by atoms with Gasteiger partial charge >= 0.3 is 5.69 Å². The Bertz CT molecular complexity index is 943. The summed E-state index contributed by atoms with van der Waals surface area (Å²) in [5.74, 6) is 0.929. The van der Waals surface area contributed by atoms with Gasteiger partial charge in [-0.3, -0.25) is 10.1 Å². The molecule has 3 aromatic rings. The summed E-state index contributed by atoms with van der Waals surface area (Å²) in [6, 6.07) is 6.75. The van der Waals surface area contributed by atoms with Crippen LogP contribution in [0.2, 0.25) is 5.02 Å². The summed E-state index contributed by atoms with van der Waals surface area (Å²) < 4.78 is 4.94. The summed E-state index contributed by atoms with van der Waals surface area (Å²) in [7, 11) is 0. The van der Waals surface area contributed by atoms with E-state index in [0.717, 1.165) is 5.56 Å². The number of halogens is 1. The van der Waals surface area contributed by atoms with Crippen LogP contribution in [0.15, 0.2) is 35.1 Å². The molecule has 2 heterocycles. The van der Waals surface area contributed by atoms with Crippen molar-refractivity contribution in [2.45, 2.75) is 13.8 Å². The van der Waals surface area contributed by atoms with Crippen molar-refractivity contribution in [1.29, 1.82) is 0 Å². The largest absolute Gasteiger partial charge is 0.360 e. The van der Waals surface area contributed by atoms with E-state index >= 15 is 0 Å². The monoisotopic (exact) mass is 360 g/mol. The van der Waals surface area contributed by atoms with Gasteiger partial charge in [-0.05, 0) is 37.6 Å². The third-order valence-electron chi connectivity index (χ3n) is 3.32. The summed E-state index contributed by atoms with van der Waals surface area (Å²) in [5, 5.41) is 21.6. The smallest absolute Gasteiger partial charge is 0.353 e. The first-order valence-corrected chi connectivity index (χ1v) is 7.55. The van der Waals surface area contributed by atoms with E-state index in [1.807, 2.05) is 6.92 Å². The Balaban J connectivity index is 1.98. The highest BCUT2D eigenvalue weighted by molar-refractivity contribution is 6.30. The third kappa shape index (κ3) is 3.66. The molecule has 0 aliphatic rings. The molecule has 1 aromatic carbocycles. The minimum atomic E-state index is -0.567. The maximum absolute atomic E-state index is 11.5. The lowest BCUT2D eigenvalue weighted by atomic mass is 10.2. The lowest BCUT2D eigenvalue weighted by molar-refractivity contribution is -0.383. The van der Waals surface area contributed by atoms with Crippen LogP contribution < -0.4 is 10.6 Å². The van der Waals surface area contributed by atoms with Crippen molar-refractivity contribution < 1.29 is 9.45 Å². The van der Waals surface area contributed by atoms with Gasteiger partial charge in [-0.2, -0.15) is 0 Å². The van der Waals surface area contributed by atoms with Crippen molar-refractivity contribution in [1.82, 2.24) is 15.1 Å². The second kappa shape index (κ2) is 6.73. The number of rotatable bonds is 5. The van der Waals surface area contributed by atoms with Crippen LogP contribution in [0.1, 0.15) is 11.3 Å². The number of benzene rings is 1. The van der Waals surface area contributed by atoms with Gasteiger partial charge in [0.05, 0.1) is 4.92 Å². The molecule has 3 rings (SSSR count). The Labute approximate surface area is 147 Å². The summed E-state index contributed by atoms with van der Waals surface area (Å²) in [6.45, 7) is 3.54. The van der Waals surface area contributed by atoms with Crippen molar-refractivity contribution in [3.8, 4) is 0 Å². The molecule has 2 N–H and O–H groups in total. The zero-order valence-electron chi connectivity index (χ0n) is 13.3. The van der Waals surface area contributed by atoms with Gasteiger partial charge < -0.3 is 15.2 Å². The third-order valence-corrected chi connectivity index (χ3v) is 3.56. The number of nitro groups is 1. The molecule has 0 saturated carbocycles. The summed E-state index contributed by atoms with van der Waals surface area (Å²) in [4.78, 5) is 18.9. The fraction of sp³-hybridized carbons (Fsp3) is 0.133. The SMILES string of the molecule is Cc1cc(Nc2ncnc(Nc3ccc(Cl)cc3C)c2[N+](=O)[O-])no1. The Morgan fingerprint density at radius 2 is 1.88 bits per heavy atom. The van der Waals surface area contributed by atoms with Crippen LogP contribution in [-0.2, 0) is 0 Å². The molecule has 2 aromatic heterocycles. The summed E-state index contributed by atoms with van der Waals surface area (Å²) >= 11 is 5.93. The standard InChI is InChI=1S/C15H13ClN6O3/c1-8-5-10(16)3-4-11(8)19-14-13(22(23)24)15(18-7-17-14)20-12-6-9(2)25-21-12/h3-7H,1-2H3,(H2,17,18,19,20,21). The van der Waals surface area contributed by atoms with E-state index < -0.39 is 4.92 Å². The Kier molecular flexibility index (Phi) is 4.48. The highest BCUT2D eigenvalue weighted by Crippen LogP contribution is 2.33. The fourth-order valence-electron chi connectivity index (χ4n) is 2.18. The van der Waals surface area contributed by atoms with Gasteiger partial charge in [0.2, 0.25) is 11.6 Å². The highest BCUT2D eigenvalue weighted by atomic mass is 35.5. The maximum Gasteiger partial charge on any atom is 0.353 e. The predicted molar refractivity (Wildman–Crippen MR) is 92.7 cm³/mol. The van der Waals surface area contributed by atoms with Crippen LogP contribution in [-0.4, -0.2) is 20.0 Å². The quantitative estimate of drug-likeness (QED) is 0.514. The molecule has 0 fully saturated rings. The van der Waals surface area contributed by atoms with Gasteiger partial charge in [-0.15, -0.1) is 0 Å². The minimum absolute atomic E-state index is 0.00224. The molecule has 10 heteroatoms. The van der Waals surface area contributed by atoms with Crippen LogP contribution in [0, 0.1) is 24.0 Å². The van der Waals surface area contributed by atoms with E-state index in [-0.39, 0.29) is 17.3 Å². The topological polar surface area (TPSA) is 119 Å². The number of hydrogen-bond donors (Lipinski definition) is 2. The maximum atomic E-state index is 11.5. The van der Waals surface area contributed by atoms with Crippen molar-refractivity contribution >= 4 is 40.4 Å². The molecule has 0 spiro atoms. The van der Waals surface area contributed by atoms with E-state index in [2.05, 4.69) is 25.8 Å². The molecule has 0 atom stereocenters. The second-order valence-corrected chi connectivity index (χ2v) is 5.65. The van der Waals surface area contributed by atoms with Crippen LogP contribution in [0.25, 0.3) is 0 Å². The molecular weight excluding hydrogens is 348 g/mol. The van der Waals surface area contributed by atoms with Crippen LogP contribution >= 0.6 is 11.6 Å². The number of nitrogens with zero attached hydrogens (tertiary/aromatic N) is 4. The first kappa shape index (κ1) is 16.7. The van der Waals surface area contributed by atoms with E-state index in [0.29, 0.717) is 22.3 Å². The highest BCUT2D eigenvalue weighted by Gasteiger charge is 2.24. The molecule has 0 radical (unpaired) electrons. The molecule has 25 heavy (non-hydrogen) atoms. The van der Waals surface area contributed by atoms with E-state index in [4.69, 9.17) is 16.1 Å². The van der Waals surface area contributed by atoms with Crippen LogP contribution in [0.5, 0.6) is 0 Å². The fourth-order valence-corrected chi connectivity index (χ4v) is 2.40. The lowest BCUT2D eigenvalue weighted by Crippen LogP contribution is -2.06. The molecule has 0 unspecified atom stereocenters. The first-order valence-electron chi connectivity index (χ1n) is 7.17. The Morgan fingerprint density at radius 1 is 1.16 bits per heavy atom. The predicted octanol–water partition coefficient (Wildman–Crippen LogP) is 4.13. The molecule has 9 nitrogen and oxygen atoms in total. The molecule has 0 aliphatic carbocycles. The Morgan fingerprint density at radius 3 is 2.48 bits per heavy atom. The normalized spacial score (nSPS) is 10.5. The number of aromatic nitrogens is 3. The zero-order valence-corrected chi connectivity index (χ0v) is 14.0. The van der Waals surface area contributed by atoms with E-state index in [1.165, 1.54) is 6.33 Å². The first-order chi connectivity index (χ1) is 11.9. The van der Waals surface area contributed by atoms with Gasteiger partial charge in [-0.25, -0.2) is 9.97 Å². The van der Waals surface area contributed by atoms with Gasteiger partial charge in [0.25, 0.3) is 0 Å². The average molecular weight is 361 g/mol. The zero-order chi connectivity index (χ0) is 18.0. The van der Waals surface area contributed by atoms with E-state index in [9.17, 15) is 10.1 Å². The molecule has 128 valence electrons. The summed E-state index contributed by atoms with van der Waals surface area (Å²) in [6.07, 6.45) is 1.22. The van der Waals surface area contributed by atoms with Crippen LogP contribution in [0.4, 0.5) is 28.8 Å². The molecular formula is C15H13ClN6O3.